The molecular formula is C6F11NaO3. The van der Waals surface area contributed by atoms with Crippen LogP contribution in [0.4, 0.5) is 48.3 Å². The van der Waals surface area contributed by atoms with E-state index in [1.807, 2.05) is 0 Å². The van der Waals surface area contributed by atoms with Crippen molar-refractivity contribution in [2.45, 2.75) is 30.2 Å². The number of carbonyl (C=O) groups excluding carboxylic acids is 1. The molecular weight excluding hydrogens is 352 g/mol. The molecule has 0 aromatic rings. The fraction of sp³-hybridized carbons (Fsp3) is 0.833. The van der Waals surface area contributed by atoms with E-state index in [0.717, 1.165) is 0 Å². The van der Waals surface area contributed by atoms with Crippen LogP contribution >= 0.6 is 0 Å². The Bertz CT molecular complexity index is 390. The minimum absolute atomic E-state index is 0. The fourth-order valence-electron chi connectivity index (χ4n) is 0.573. The van der Waals surface area contributed by atoms with Gasteiger partial charge in [-0.05, 0) is 0 Å². The summed E-state index contributed by atoms with van der Waals surface area (Å²) in [6.07, 6.45) is -21.2. The molecule has 0 aliphatic rings. The Labute approximate surface area is 129 Å². The van der Waals surface area contributed by atoms with Crippen LogP contribution < -0.4 is 34.7 Å². The van der Waals surface area contributed by atoms with Crippen LogP contribution in [0.3, 0.4) is 0 Å². The summed E-state index contributed by atoms with van der Waals surface area (Å²) in [5, 5.41) is 9.52. The van der Waals surface area contributed by atoms with E-state index in [1.165, 1.54) is 4.74 Å². The minimum atomic E-state index is -7.29. The molecule has 0 unspecified atom stereocenters. The first-order chi connectivity index (χ1) is 8.40. The van der Waals surface area contributed by atoms with Crippen molar-refractivity contribution in [3.63, 3.8) is 0 Å². The molecule has 0 saturated heterocycles. The third kappa shape index (κ3) is 4.10. The molecule has 0 aliphatic carbocycles. The average Bonchev–Trinajstić information content (AvgIpc) is 2.12. The van der Waals surface area contributed by atoms with Crippen molar-refractivity contribution in [3.05, 3.63) is 0 Å². The van der Waals surface area contributed by atoms with Gasteiger partial charge in [0.15, 0.2) is 0 Å². The Kier molecular flexibility index (Phi) is 6.60. The summed E-state index contributed by atoms with van der Waals surface area (Å²) in [5.41, 5.74) is 0. The van der Waals surface area contributed by atoms with Crippen LogP contribution in [0.2, 0.25) is 0 Å². The van der Waals surface area contributed by atoms with Crippen LogP contribution in [0.1, 0.15) is 0 Å². The van der Waals surface area contributed by atoms with Gasteiger partial charge in [0.05, 0.1) is 0 Å². The zero-order valence-corrected chi connectivity index (χ0v) is 11.4. The first kappa shape index (κ1) is 22.9. The van der Waals surface area contributed by atoms with E-state index in [4.69, 9.17) is 0 Å². The molecule has 15 heteroatoms. The van der Waals surface area contributed by atoms with Crippen molar-refractivity contribution in [3.8, 4) is 0 Å². The smallest absolute Gasteiger partial charge is 0.544 e. The summed E-state index contributed by atoms with van der Waals surface area (Å²) in [5.74, 6) is -17.9. The maximum absolute atomic E-state index is 12.3. The molecule has 120 valence electrons. The van der Waals surface area contributed by atoms with Crippen molar-refractivity contribution in [2.24, 2.45) is 0 Å². The third-order valence-electron chi connectivity index (χ3n) is 1.60. The number of ether oxygens (including phenoxy) is 1. The van der Waals surface area contributed by atoms with E-state index in [9.17, 15) is 58.2 Å². The number of carbonyl (C=O) groups is 1. The average molecular weight is 352 g/mol. The van der Waals surface area contributed by atoms with Crippen LogP contribution in [0, 0.1) is 0 Å². The monoisotopic (exact) mass is 352 g/mol. The van der Waals surface area contributed by atoms with Gasteiger partial charge in [-0.25, -0.2) is 4.74 Å². The maximum atomic E-state index is 12.3. The van der Waals surface area contributed by atoms with Gasteiger partial charge < -0.3 is 9.90 Å². The number of alkyl halides is 11. The van der Waals surface area contributed by atoms with Gasteiger partial charge in [0.25, 0.3) is 0 Å². The van der Waals surface area contributed by atoms with Crippen LogP contribution in [0.5, 0.6) is 0 Å². The first-order valence-electron chi connectivity index (χ1n) is 3.90. The molecule has 0 N–H and O–H groups in total. The number of hydrogen-bond donors (Lipinski definition) is 0. The summed E-state index contributed by atoms with van der Waals surface area (Å²) in [6.45, 7) is 0. The molecule has 0 aromatic carbocycles. The zero-order valence-electron chi connectivity index (χ0n) is 9.38. The molecule has 0 spiro atoms. The SMILES string of the molecule is O=C([O-])C(F)(F)C(F)(F)OC(F)(F)C(F)(F)C(F)(F)F.[Na+]. The number of aliphatic carboxylic acids is 1. The van der Waals surface area contributed by atoms with Gasteiger partial charge in [-0.1, -0.05) is 0 Å². The maximum Gasteiger partial charge on any atom is 1.00 e. The molecule has 0 aliphatic heterocycles. The Morgan fingerprint density at radius 2 is 1.10 bits per heavy atom. The predicted molar refractivity (Wildman–Crippen MR) is 31.9 cm³/mol. The Balaban J connectivity index is 0. The van der Waals surface area contributed by atoms with Gasteiger partial charge in [-0.3, -0.25) is 0 Å². The number of carboxylic acid groups (broad SMARTS) is 1. The molecule has 0 radical (unpaired) electrons. The first-order valence-corrected chi connectivity index (χ1v) is 3.90. The van der Waals surface area contributed by atoms with Crippen molar-refractivity contribution >= 4 is 5.97 Å². The minimum Gasteiger partial charge on any atom is -0.544 e. The van der Waals surface area contributed by atoms with Crippen molar-refractivity contribution in [2.75, 3.05) is 0 Å². The van der Waals surface area contributed by atoms with Gasteiger partial charge in [0, 0.05) is 0 Å². The van der Waals surface area contributed by atoms with E-state index >= 15 is 0 Å². The van der Waals surface area contributed by atoms with E-state index in [0.29, 0.717) is 0 Å². The normalized spacial score (nSPS) is 14.6. The second-order valence-electron chi connectivity index (χ2n) is 3.07. The molecule has 0 bridgehead atoms. The fourth-order valence-corrected chi connectivity index (χ4v) is 0.573. The molecule has 0 amide bonds. The summed E-state index contributed by atoms with van der Waals surface area (Å²) < 4.78 is 133. The largest absolute Gasteiger partial charge is 1.00 e. The quantitative estimate of drug-likeness (QED) is 0.460. The van der Waals surface area contributed by atoms with Crippen LogP contribution in [-0.4, -0.2) is 36.2 Å². The molecule has 21 heavy (non-hydrogen) atoms. The van der Waals surface area contributed by atoms with Crippen molar-refractivity contribution in [1.29, 1.82) is 0 Å². The van der Waals surface area contributed by atoms with Crippen molar-refractivity contribution < 1.29 is 92.5 Å². The molecule has 0 fully saturated rings. The zero-order chi connectivity index (χ0) is 16.8. The molecule has 0 saturated carbocycles. The van der Waals surface area contributed by atoms with E-state index in [2.05, 4.69) is 0 Å². The van der Waals surface area contributed by atoms with E-state index in [-0.39, 0.29) is 29.6 Å². The van der Waals surface area contributed by atoms with Crippen LogP contribution in [0.25, 0.3) is 0 Å². The van der Waals surface area contributed by atoms with Crippen molar-refractivity contribution in [1.82, 2.24) is 0 Å². The Morgan fingerprint density at radius 1 is 0.762 bits per heavy atom. The number of hydrogen-bond acceptors (Lipinski definition) is 3. The second kappa shape index (κ2) is 6.04. The Morgan fingerprint density at radius 3 is 1.33 bits per heavy atom. The number of rotatable bonds is 5. The Hall–Kier alpha value is -0.340. The number of carboxylic acids is 1. The van der Waals surface area contributed by atoms with Gasteiger partial charge >= 0.3 is 59.8 Å². The van der Waals surface area contributed by atoms with Crippen LogP contribution in [-0.2, 0) is 9.53 Å². The molecule has 0 heterocycles. The predicted octanol–water partition coefficient (Wildman–Crippen LogP) is -1.22. The van der Waals surface area contributed by atoms with E-state index in [1.54, 1.807) is 0 Å². The molecule has 0 aromatic heterocycles. The van der Waals surface area contributed by atoms with E-state index < -0.39 is 36.2 Å². The second-order valence-corrected chi connectivity index (χ2v) is 3.07. The molecule has 3 nitrogen and oxygen atoms in total. The topological polar surface area (TPSA) is 49.4 Å². The summed E-state index contributed by atoms with van der Waals surface area (Å²) >= 11 is 0. The van der Waals surface area contributed by atoms with Gasteiger partial charge in [0.1, 0.15) is 5.97 Å². The summed E-state index contributed by atoms with van der Waals surface area (Å²) in [6, 6.07) is 0. The number of halogens is 11. The summed E-state index contributed by atoms with van der Waals surface area (Å²) in [4.78, 5) is 9.52. The standard InChI is InChI=1S/C6HF11O3.Na/c7-2(8,1(18)19)5(14,15)20-6(16,17)3(9,10)4(11,12)13;/h(H,18,19);/q;+1/p-1. The molecule has 0 rings (SSSR count). The van der Waals surface area contributed by atoms with Crippen LogP contribution in [0.15, 0.2) is 0 Å². The van der Waals surface area contributed by atoms with Gasteiger partial charge in [-0.15, -0.1) is 0 Å². The molecule has 0 atom stereocenters. The van der Waals surface area contributed by atoms with Gasteiger partial charge in [-0.2, -0.15) is 48.3 Å². The van der Waals surface area contributed by atoms with Gasteiger partial charge in [0.2, 0.25) is 0 Å². The summed E-state index contributed by atoms with van der Waals surface area (Å²) in [7, 11) is 0. The third-order valence-corrected chi connectivity index (χ3v) is 1.60.